The molecule has 7 nitrogen and oxygen atoms in total. The van der Waals surface area contributed by atoms with E-state index in [4.69, 9.17) is 4.74 Å². The van der Waals surface area contributed by atoms with Crippen LogP contribution in [0.4, 0.5) is 0 Å². The van der Waals surface area contributed by atoms with Gasteiger partial charge >= 0.3 is 5.97 Å². The number of esters is 1. The SMILES string of the molecule is O=C(C[C@H]1CC=CC[C@H](Cc2ccccc2)C(=O)OCC2(CCCC2)NC1=O)N[C@@H](CO)Cc1ccccc1. The number of ether oxygens (including phenoxy) is 1. The number of aliphatic hydroxyl groups excluding tert-OH is 1. The zero-order valence-electron chi connectivity index (χ0n) is 22.5. The van der Waals surface area contributed by atoms with E-state index in [1.807, 2.05) is 72.8 Å². The molecule has 3 N–H and O–H groups in total. The summed E-state index contributed by atoms with van der Waals surface area (Å²) >= 11 is 0. The largest absolute Gasteiger partial charge is 0.463 e. The van der Waals surface area contributed by atoms with E-state index in [1.165, 1.54) is 0 Å². The van der Waals surface area contributed by atoms with Crippen molar-refractivity contribution in [2.45, 2.75) is 69.4 Å². The normalized spacial score (nSPS) is 22.3. The van der Waals surface area contributed by atoms with Gasteiger partial charge in [0.1, 0.15) is 6.61 Å². The van der Waals surface area contributed by atoms with E-state index in [1.54, 1.807) is 0 Å². The summed E-state index contributed by atoms with van der Waals surface area (Å²) in [7, 11) is 0. The lowest BCUT2D eigenvalue weighted by Crippen LogP contribution is -2.53. The lowest BCUT2D eigenvalue weighted by Gasteiger charge is -2.32. The van der Waals surface area contributed by atoms with E-state index in [9.17, 15) is 19.5 Å². The average Bonchev–Trinajstić information content (AvgIpc) is 3.41. The second-order valence-corrected chi connectivity index (χ2v) is 11.0. The molecule has 1 fully saturated rings. The van der Waals surface area contributed by atoms with Crippen LogP contribution in [0.25, 0.3) is 0 Å². The number of rotatable bonds is 8. The van der Waals surface area contributed by atoms with Gasteiger partial charge in [0.05, 0.1) is 30.0 Å². The van der Waals surface area contributed by atoms with Gasteiger partial charge in [0.2, 0.25) is 11.8 Å². The molecular weight excluding hydrogens is 492 g/mol. The summed E-state index contributed by atoms with van der Waals surface area (Å²) in [5.74, 6) is -1.58. The van der Waals surface area contributed by atoms with Crippen molar-refractivity contribution in [1.29, 1.82) is 0 Å². The zero-order chi connectivity index (χ0) is 27.5. The van der Waals surface area contributed by atoms with Crippen LogP contribution in [0.3, 0.4) is 0 Å². The molecule has 2 amide bonds. The topological polar surface area (TPSA) is 105 Å². The van der Waals surface area contributed by atoms with Crippen molar-refractivity contribution in [1.82, 2.24) is 10.6 Å². The number of hydrogen-bond donors (Lipinski definition) is 3. The van der Waals surface area contributed by atoms with E-state index in [0.29, 0.717) is 25.7 Å². The molecule has 2 aliphatic rings. The second-order valence-electron chi connectivity index (χ2n) is 11.0. The average molecular weight is 533 g/mol. The molecule has 0 unspecified atom stereocenters. The molecule has 3 atom stereocenters. The summed E-state index contributed by atoms with van der Waals surface area (Å²) < 4.78 is 5.83. The van der Waals surface area contributed by atoms with Gasteiger partial charge in [-0.3, -0.25) is 14.4 Å². The van der Waals surface area contributed by atoms with Crippen LogP contribution in [0.2, 0.25) is 0 Å². The summed E-state index contributed by atoms with van der Waals surface area (Å²) in [6.07, 6.45) is 9.23. The van der Waals surface area contributed by atoms with Crippen molar-refractivity contribution in [3.63, 3.8) is 0 Å². The van der Waals surface area contributed by atoms with Crippen molar-refractivity contribution in [2.75, 3.05) is 13.2 Å². The van der Waals surface area contributed by atoms with E-state index >= 15 is 0 Å². The van der Waals surface area contributed by atoms with Crippen LogP contribution in [0.1, 0.15) is 56.1 Å². The summed E-state index contributed by atoms with van der Waals surface area (Å²) in [6.45, 7) is -0.0379. The lowest BCUT2D eigenvalue weighted by molar-refractivity contribution is -0.152. The highest BCUT2D eigenvalue weighted by atomic mass is 16.5. The van der Waals surface area contributed by atoms with E-state index < -0.39 is 17.5 Å². The molecule has 0 radical (unpaired) electrons. The molecule has 39 heavy (non-hydrogen) atoms. The van der Waals surface area contributed by atoms with Crippen LogP contribution in [-0.4, -0.2) is 47.7 Å². The third kappa shape index (κ3) is 8.52. The first-order valence-corrected chi connectivity index (χ1v) is 14.1. The summed E-state index contributed by atoms with van der Waals surface area (Å²) in [5, 5.41) is 15.9. The van der Waals surface area contributed by atoms with Gasteiger partial charge in [0.25, 0.3) is 0 Å². The van der Waals surface area contributed by atoms with Crippen molar-refractivity contribution >= 4 is 17.8 Å². The monoisotopic (exact) mass is 532 g/mol. The van der Waals surface area contributed by atoms with E-state index in [0.717, 1.165) is 36.8 Å². The van der Waals surface area contributed by atoms with Crippen LogP contribution in [0.5, 0.6) is 0 Å². The van der Waals surface area contributed by atoms with Crippen molar-refractivity contribution in [3.8, 4) is 0 Å². The quantitative estimate of drug-likeness (QED) is 0.353. The van der Waals surface area contributed by atoms with E-state index in [-0.39, 0.29) is 43.3 Å². The fourth-order valence-corrected chi connectivity index (χ4v) is 5.58. The fraction of sp³-hybridized carbons (Fsp3) is 0.469. The second kappa shape index (κ2) is 14.1. The molecule has 1 saturated carbocycles. The zero-order valence-corrected chi connectivity index (χ0v) is 22.5. The molecule has 208 valence electrons. The van der Waals surface area contributed by atoms with Gasteiger partial charge in [0.15, 0.2) is 0 Å². The van der Waals surface area contributed by atoms with Crippen molar-refractivity contribution in [3.05, 3.63) is 83.9 Å². The molecule has 2 aromatic carbocycles. The lowest BCUT2D eigenvalue weighted by atomic mass is 9.92. The van der Waals surface area contributed by atoms with Gasteiger partial charge in [-0.2, -0.15) is 0 Å². The maximum absolute atomic E-state index is 13.4. The maximum atomic E-state index is 13.4. The Morgan fingerprint density at radius 1 is 0.949 bits per heavy atom. The standard InChI is InChI=1S/C32H40N2O5/c35-22-28(20-25-13-5-2-6-14-25)33-29(36)21-26-15-7-8-16-27(19-24-11-3-1-4-12-24)31(38)39-23-32(34-30(26)37)17-9-10-18-32/h1-8,11-14,26-28,35H,9-10,15-23H2,(H,33,36)(H,34,37)/t26-,27-,28-/m1/s1. The maximum Gasteiger partial charge on any atom is 0.309 e. The molecule has 1 spiro atoms. The first-order chi connectivity index (χ1) is 19.0. The van der Waals surface area contributed by atoms with Crippen LogP contribution in [0, 0.1) is 11.8 Å². The number of amides is 2. The molecule has 0 aromatic heterocycles. The predicted molar refractivity (Wildman–Crippen MR) is 150 cm³/mol. The van der Waals surface area contributed by atoms with E-state index in [2.05, 4.69) is 10.6 Å². The number of benzene rings is 2. The minimum Gasteiger partial charge on any atom is -0.463 e. The van der Waals surface area contributed by atoms with Crippen molar-refractivity contribution < 1.29 is 24.2 Å². The number of nitrogens with one attached hydrogen (secondary N) is 2. The molecule has 7 heteroatoms. The number of allylic oxidation sites excluding steroid dienone is 2. The van der Waals surface area contributed by atoms with Gasteiger partial charge < -0.3 is 20.5 Å². The molecular formula is C32H40N2O5. The number of carbonyl (C=O) groups excluding carboxylic acids is 3. The number of hydrogen-bond acceptors (Lipinski definition) is 5. The number of carbonyl (C=O) groups is 3. The Bertz CT molecular complexity index is 1110. The van der Waals surface area contributed by atoms with Gasteiger partial charge in [0, 0.05) is 6.42 Å². The van der Waals surface area contributed by atoms with Crippen LogP contribution >= 0.6 is 0 Å². The molecule has 2 aromatic rings. The Hall–Kier alpha value is -3.45. The fourth-order valence-electron chi connectivity index (χ4n) is 5.58. The Morgan fingerprint density at radius 2 is 1.56 bits per heavy atom. The smallest absolute Gasteiger partial charge is 0.309 e. The summed E-state index contributed by atoms with van der Waals surface area (Å²) in [6, 6.07) is 19.2. The van der Waals surface area contributed by atoms with Crippen LogP contribution in [0.15, 0.2) is 72.8 Å². The highest BCUT2D eigenvalue weighted by Crippen LogP contribution is 2.32. The highest BCUT2D eigenvalue weighted by molar-refractivity contribution is 5.86. The van der Waals surface area contributed by atoms with Gasteiger partial charge in [-0.25, -0.2) is 0 Å². The van der Waals surface area contributed by atoms with Crippen LogP contribution < -0.4 is 10.6 Å². The Labute approximate surface area is 231 Å². The third-order valence-corrected chi connectivity index (χ3v) is 7.82. The van der Waals surface area contributed by atoms with Gasteiger partial charge in [-0.1, -0.05) is 85.7 Å². The number of aliphatic hydroxyl groups is 1. The van der Waals surface area contributed by atoms with Gasteiger partial charge in [-0.15, -0.1) is 0 Å². The molecule has 1 heterocycles. The first-order valence-electron chi connectivity index (χ1n) is 14.1. The molecule has 1 aliphatic heterocycles. The Balaban J connectivity index is 1.45. The Kier molecular flexibility index (Phi) is 10.3. The first kappa shape index (κ1) is 28.6. The predicted octanol–water partition coefficient (Wildman–Crippen LogP) is 3.89. The molecule has 0 saturated heterocycles. The van der Waals surface area contributed by atoms with Crippen molar-refractivity contribution in [2.24, 2.45) is 11.8 Å². The highest BCUT2D eigenvalue weighted by Gasteiger charge is 2.39. The molecule has 4 rings (SSSR count). The summed E-state index contributed by atoms with van der Waals surface area (Å²) in [5.41, 5.74) is 1.50. The summed E-state index contributed by atoms with van der Waals surface area (Å²) in [4.78, 5) is 39.5. The van der Waals surface area contributed by atoms with Crippen LogP contribution in [-0.2, 0) is 32.0 Å². The minimum absolute atomic E-state index is 0.0186. The molecule has 1 aliphatic carbocycles. The third-order valence-electron chi connectivity index (χ3n) is 7.82. The molecule has 0 bridgehead atoms. The minimum atomic E-state index is -0.595. The Morgan fingerprint density at radius 3 is 2.21 bits per heavy atom. The number of cyclic esters (lactones) is 1. The van der Waals surface area contributed by atoms with Gasteiger partial charge in [-0.05, 0) is 49.7 Å².